The lowest BCUT2D eigenvalue weighted by Crippen LogP contribution is -2.22. The van der Waals surface area contributed by atoms with E-state index in [2.05, 4.69) is 53.3 Å². The maximum absolute atomic E-state index is 5.51. The van der Waals surface area contributed by atoms with Gasteiger partial charge in [0.15, 0.2) is 0 Å². The molecular formula is C16H20BrNOS. The van der Waals surface area contributed by atoms with Crippen molar-refractivity contribution >= 4 is 27.3 Å². The highest BCUT2D eigenvalue weighted by atomic mass is 79.9. The van der Waals surface area contributed by atoms with Crippen molar-refractivity contribution in [2.45, 2.75) is 26.8 Å². The predicted molar refractivity (Wildman–Crippen MR) is 89.9 cm³/mol. The van der Waals surface area contributed by atoms with Crippen molar-refractivity contribution in [2.75, 3.05) is 13.2 Å². The monoisotopic (exact) mass is 353 g/mol. The first-order valence-electron chi connectivity index (χ1n) is 6.87. The smallest absolute Gasteiger partial charge is 0.119 e. The van der Waals surface area contributed by atoms with Crippen molar-refractivity contribution in [1.29, 1.82) is 0 Å². The summed E-state index contributed by atoms with van der Waals surface area (Å²) in [5.41, 5.74) is 2.61. The van der Waals surface area contributed by atoms with Crippen LogP contribution in [-0.4, -0.2) is 13.2 Å². The largest absolute Gasteiger partial charge is 0.494 e. The third-order valence-corrected chi connectivity index (χ3v) is 4.74. The molecule has 20 heavy (non-hydrogen) atoms. The molecule has 0 spiro atoms. The Hall–Kier alpha value is -0.840. The van der Waals surface area contributed by atoms with Gasteiger partial charge in [-0.3, -0.25) is 0 Å². The topological polar surface area (TPSA) is 21.3 Å². The molecule has 2 rings (SSSR count). The molecule has 0 saturated carbocycles. The van der Waals surface area contributed by atoms with Gasteiger partial charge in [0.1, 0.15) is 5.75 Å². The molecule has 108 valence electrons. The van der Waals surface area contributed by atoms with E-state index in [-0.39, 0.29) is 6.04 Å². The van der Waals surface area contributed by atoms with Gasteiger partial charge in [-0.05, 0) is 65.6 Å². The van der Waals surface area contributed by atoms with E-state index in [1.54, 1.807) is 11.3 Å². The van der Waals surface area contributed by atoms with Crippen LogP contribution in [0.25, 0.3) is 0 Å². The molecule has 1 unspecified atom stereocenters. The highest BCUT2D eigenvalue weighted by Crippen LogP contribution is 2.34. The number of halogens is 1. The van der Waals surface area contributed by atoms with Gasteiger partial charge in [-0.25, -0.2) is 0 Å². The normalized spacial score (nSPS) is 12.4. The van der Waals surface area contributed by atoms with Crippen molar-refractivity contribution in [1.82, 2.24) is 5.32 Å². The second kappa shape index (κ2) is 7.25. The molecular weight excluding hydrogens is 334 g/mol. The average molecular weight is 354 g/mol. The third-order valence-electron chi connectivity index (χ3n) is 3.17. The summed E-state index contributed by atoms with van der Waals surface area (Å²) in [6, 6.07) is 10.8. The molecule has 1 heterocycles. The highest BCUT2D eigenvalue weighted by Gasteiger charge is 2.17. The zero-order valence-electron chi connectivity index (χ0n) is 12.1. The van der Waals surface area contributed by atoms with Crippen LogP contribution in [0.15, 0.2) is 34.1 Å². The number of ether oxygens (including phenoxy) is 1. The fraction of sp³-hybridized carbons (Fsp3) is 0.375. The van der Waals surface area contributed by atoms with Gasteiger partial charge in [0.2, 0.25) is 0 Å². The standard InChI is InChI=1S/C16H20BrNOS/c1-4-18-16(14-10-15(17)20-11(14)3)12-6-8-13(9-7-12)19-5-2/h6-10,16,18H,4-5H2,1-3H3. The fourth-order valence-electron chi connectivity index (χ4n) is 2.28. The minimum Gasteiger partial charge on any atom is -0.494 e. The van der Waals surface area contributed by atoms with E-state index in [0.717, 1.165) is 12.3 Å². The number of benzene rings is 1. The molecule has 2 aromatic rings. The fourth-order valence-corrected chi connectivity index (χ4v) is 4.03. The van der Waals surface area contributed by atoms with E-state index in [9.17, 15) is 0 Å². The van der Waals surface area contributed by atoms with Crippen molar-refractivity contribution in [3.05, 3.63) is 50.1 Å². The molecule has 0 fully saturated rings. The molecule has 0 aliphatic heterocycles. The van der Waals surface area contributed by atoms with Gasteiger partial charge in [-0.15, -0.1) is 11.3 Å². The maximum Gasteiger partial charge on any atom is 0.119 e. The van der Waals surface area contributed by atoms with Gasteiger partial charge >= 0.3 is 0 Å². The Balaban J connectivity index is 2.30. The molecule has 2 nitrogen and oxygen atoms in total. The Bertz CT molecular complexity index is 550. The van der Waals surface area contributed by atoms with Crippen LogP contribution >= 0.6 is 27.3 Å². The summed E-state index contributed by atoms with van der Waals surface area (Å²) in [5, 5.41) is 3.57. The van der Waals surface area contributed by atoms with Crippen LogP contribution in [0, 0.1) is 6.92 Å². The number of hydrogen-bond donors (Lipinski definition) is 1. The van der Waals surface area contributed by atoms with Gasteiger partial charge in [-0.2, -0.15) is 0 Å². The molecule has 0 aliphatic carbocycles. The van der Waals surface area contributed by atoms with Crippen LogP contribution in [0.1, 0.15) is 35.9 Å². The lowest BCUT2D eigenvalue weighted by atomic mass is 9.99. The van der Waals surface area contributed by atoms with Crippen molar-refractivity contribution in [3.8, 4) is 5.75 Å². The number of nitrogens with one attached hydrogen (secondary N) is 1. The van der Waals surface area contributed by atoms with E-state index in [0.29, 0.717) is 6.61 Å². The SMILES string of the molecule is CCNC(c1ccc(OCC)cc1)c1cc(Br)sc1C. The molecule has 0 amide bonds. The van der Waals surface area contributed by atoms with Crippen LogP contribution < -0.4 is 10.1 Å². The van der Waals surface area contributed by atoms with Gasteiger partial charge in [-0.1, -0.05) is 19.1 Å². The summed E-state index contributed by atoms with van der Waals surface area (Å²) >= 11 is 5.36. The Kier molecular flexibility index (Phi) is 5.64. The zero-order valence-corrected chi connectivity index (χ0v) is 14.5. The Morgan fingerprint density at radius 2 is 1.95 bits per heavy atom. The van der Waals surface area contributed by atoms with Crippen LogP contribution in [0.2, 0.25) is 0 Å². The Morgan fingerprint density at radius 1 is 1.25 bits per heavy atom. The van der Waals surface area contributed by atoms with Crippen LogP contribution in [0.4, 0.5) is 0 Å². The summed E-state index contributed by atoms with van der Waals surface area (Å²) in [4.78, 5) is 1.34. The van der Waals surface area contributed by atoms with Crippen molar-refractivity contribution in [3.63, 3.8) is 0 Å². The quantitative estimate of drug-likeness (QED) is 0.795. The molecule has 0 saturated heterocycles. The lowest BCUT2D eigenvalue weighted by molar-refractivity contribution is 0.340. The molecule has 1 aromatic carbocycles. The van der Waals surface area contributed by atoms with Gasteiger partial charge in [0.05, 0.1) is 16.4 Å². The second-order valence-corrected chi connectivity index (χ2v) is 7.19. The van der Waals surface area contributed by atoms with Crippen LogP contribution in [0.3, 0.4) is 0 Å². The van der Waals surface area contributed by atoms with Crippen molar-refractivity contribution in [2.24, 2.45) is 0 Å². The van der Waals surface area contributed by atoms with Crippen LogP contribution in [0.5, 0.6) is 5.75 Å². The molecule has 0 bridgehead atoms. The first-order chi connectivity index (χ1) is 9.65. The van der Waals surface area contributed by atoms with E-state index in [1.807, 2.05) is 19.1 Å². The number of thiophene rings is 1. The average Bonchev–Trinajstić information content (AvgIpc) is 2.76. The summed E-state index contributed by atoms with van der Waals surface area (Å²) in [6.07, 6.45) is 0. The summed E-state index contributed by atoms with van der Waals surface area (Å²) in [7, 11) is 0. The highest BCUT2D eigenvalue weighted by molar-refractivity contribution is 9.11. The van der Waals surface area contributed by atoms with E-state index in [4.69, 9.17) is 4.74 Å². The summed E-state index contributed by atoms with van der Waals surface area (Å²) < 4.78 is 6.69. The van der Waals surface area contributed by atoms with Crippen LogP contribution in [-0.2, 0) is 0 Å². The predicted octanol–water partition coefficient (Wildman–Crippen LogP) is 4.92. The first kappa shape index (κ1) is 15.5. The third kappa shape index (κ3) is 3.62. The lowest BCUT2D eigenvalue weighted by Gasteiger charge is -2.19. The molecule has 0 radical (unpaired) electrons. The molecule has 1 aromatic heterocycles. The minimum atomic E-state index is 0.234. The van der Waals surface area contributed by atoms with E-state index < -0.39 is 0 Å². The second-order valence-electron chi connectivity index (χ2n) is 4.55. The first-order valence-corrected chi connectivity index (χ1v) is 8.48. The van der Waals surface area contributed by atoms with Gasteiger partial charge in [0, 0.05) is 4.88 Å². The number of aryl methyl sites for hydroxylation is 1. The Labute approximate surface area is 133 Å². The Morgan fingerprint density at radius 3 is 2.45 bits per heavy atom. The minimum absolute atomic E-state index is 0.234. The van der Waals surface area contributed by atoms with E-state index in [1.165, 1.54) is 19.8 Å². The summed E-state index contributed by atoms with van der Waals surface area (Å²) in [6.45, 7) is 7.95. The zero-order chi connectivity index (χ0) is 14.5. The maximum atomic E-state index is 5.51. The number of hydrogen-bond acceptors (Lipinski definition) is 3. The van der Waals surface area contributed by atoms with Crippen molar-refractivity contribution < 1.29 is 4.74 Å². The summed E-state index contributed by atoms with van der Waals surface area (Å²) in [5.74, 6) is 0.926. The van der Waals surface area contributed by atoms with E-state index >= 15 is 0 Å². The molecule has 0 aliphatic rings. The molecule has 1 N–H and O–H groups in total. The molecule has 1 atom stereocenters. The van der Waals surface area contributed by atoms with Gasteiger partial charge in [0.25, 0.3) is 0 Å². The molecule has 4 heteroatoms. The number of rotatable bonds is 6. The van der Waals surface area contributed by atoms with Gasteiger partial charge < -0.3 is 10.1 Å².